The Balaban J connectivity index is -0.000000145. The van der Waals surface area contributed by atoms with E-state index >= 15 is 0 Å². The van der Waals surface area contributed by atoms with Gasteiger partial charge in [-0.1, -0.05) is 65.2 Å². The van der Waals surface area contributed by atoms with Gasteiger partial charge in [0.1, 0.15) is 0 Å². The van der Waals surface area contributed by atoms with Crippen LogP contribution in [0.15, 0.2) is 0 Å². The first-order chi connectivity index (χ1) is 6.83. The molecule has 1 heteroatoms. The summed E-state index contributed by atoms with van der Waals surface area (Å²) >= 11 is 0. The van der Waals surface area contributed by atoms with Crippen LogP contribution in [-0.2, 0) is 0 Å². The molecule has 0 nitrogen and oxygen atoms in total. The molecule has 0 aromatic carbocycles. The fraction of sp³-hybridized carbons (Fsp3) is 0.857. The van der Waals surface area contributed by atoms with E-state index in [0.29, 0.717) is 0 Å². The molecule has 88 valence electrons. The van der Waals surface area contributed by atoms with Gasteiger partial charge in [0.25, 0.3) is 0 Å². The zero-order valence-electron chi connectivity index (χ0n) is 11.2. The summed E-state index contributed by atoms with van der Waals surface area (Å²) in [6, 6.07) is 0. The van der Waals surface area contributed by atoms with Crippen LogP contribution >= 0.6 is 0 Å². The predicted octanol–water partition coefficient (Wildman–Crippen LogP) is 5.20. The van der Waals surface area contributed by atoms with Crippen LogP contribution in [0.3, 0.4) is 0 Å². The molecule has 1 aliphatic rings. The molecule has 0 saturated heterocycles. The van der Waals surface area contributed by atoms with Gasteiger partial charge in [0, 0.05) is 0 Å². The first-order valence-corrected chi connectivity index (χ1v) is 6.41. The number of hydrogen-bond acceptors (Lipinski definition) is 0. The van der Waals surface area contributed by atoms with Gasteiger partial charge >= 0.3 is 23.1 Å². The maximum absolute atomic E-state index is 3.60. The monoisotopic (exact) mass is 222 g/mol. The van der Waals surface area contributed by atoms with Crippen molar-refractivity contribution < 1.29 is 0 Å². The fourth-order valence-electron chi connectivity index (χ4n) is 1.06. The summed E-state index contributed by atoms with van der Waals surface area (Å²) in [6.45, 7) is 11.4. The Kier molecular flexibility index (Phi) is 33.9. The number of hydrogen-bond donors (Lipinski definition) is 0. The molecular weight excluding hydrogens is 192 g/mol. The Labute approximate surface area is 115 Å². The van der Waals surface area contributed by atoms with E-state index in [2.05, 4.69) is 27.7 Å². The van der Waals surface area contributed by atoms with Crippen molar-refractivity contribution in [1.82, 2.24) is 0 Å². The Morgan fingerprint density at radius 3 is 0.867 bits per heavy atom. The van der Waals surface area contributed by atoms with Crippen molar-refractivity contribution in [1.29, 1.82) is 0 Å². The minimum Gasteiger partial charge on any atom is -0.343 e. The summed E-state index contributed by atoms with van der Waals surface area (Å²) in [5, 5.41) is 0. The molecule has 1 aliphatic carbocycles. The van der Waals surface area contributed by atoms with Gasteiger partial charge in [-0.25, -0.2) is 0 Å². The molecule has 0 aromatic rings. The summed E-state index contributed by atoms with van der Waals surface area (Å²) < 4.78 is 0. The van der Waals surface area contributed by atoms with Crippen molar-refractivity contribution >= 4 is 23.1 Å². The normalized spacial score (nSPS) is 13.6. The van der Waals surface area contributed by atoms with Crippen LogP contribution in [-0.4, -0.2) is 23.1 Å². The van der Waals surface area contributed by atoms with Gasteiger partial charge in [-0.3, -0.25) is 0 Å². The van der Waals surface area contributed by atoms with Crippen LogP contribution < -0.4 is 0 Å². The van der Waals surface area contributed by atoms with Gasteiger partial charge in [0.15, 0.2) is 0 Å². The molecule has 1 fully saturated rings. The molecule has 0 amide bonds. The van der Waals surface area contributed by atoms with Gasteiger partial charge in [0.2, 0.25) is 0 Å². The number of rotatable bonds is 2. The van der Waals surface area contributed by atoms with Crippen LogP contribution in [0, 0.1) is 13.8 Å². The molecule has 0 radical (unpaired) electrons. The smallest absolute Gasteiger partial charge is 0.343 e. The van der Waals surface area contributed by atoms with E-state index in [1.165, 1.54) is 51.4 Å². The molecule has 0 spiro atoms. The van der Waals surface area contributed by atoms with Crippen molar-refractivity contribution in [3.05, 3.63) is 13.8 Å². The summed E-state index contributed by atoms with van der Waals surface area (Å²) in [7, 11) is 0. The summed E-state index contributed by atoms with van der Waals surface area (Å²) in [6.07, 6.45) is 13.6. The SMILES string of the molecule is C1CCCCC1.[CH2-]CCC.[CH2-]CCC.[Mg+2]. The predicted molar refractivity (Wildman–Crippen MR) is 74.0 cm³/mol. The zero-order chi connectivity index (χ0) is 11.1. The quantitative estimate of drug-likeness (QED) is 0.445. The van der Waals surface area contributed by atoms with Crippen LogP contribution in [0.5, 0.6) is 0 Å². The maximum atomic E-state index is 3.60. The number of unbranched alkanes of at least 4 members (excludes halogenated alkanes) is 2. The molecule has 0 unspecified atom stereocenters. The minimum atomic E-state index is 0. The van der Waals surface area contributed by atoms with Gasteiger partial charge in [-0.2, -0.15) is 12.8 Å². The second-order valence-corrected chi connectivity index (χ2v) is 3.83. The Hall–Kier alpha value is 0.766. The van der Waals surface area contributed by atoms with Crippen molar-refractivity contribution in [3.8, 4) is 0 Å². The maximum Gasteiger partial charge on any atom is 2.00 e. The van der Waals surface area contributed by atoms with Crippen molar-refractivity contribution in [2.45, 2.75) is 78.1 Å². The average Bonchev–Trinajstić information content (AvgIpc) is 2.32. The van der Waals surface area contributed by atoms with Crippen LogP contribution in [0.1, 0.15) is 78.1 Å². The fourth-order valence-corrected chi connectivity index (χ4v) is 1.06. The summed E-state index contributed by atoms with van der Waals surface area (Å²) in [4.78, 5) is 0. The minimum absolute atomic E-state index is 0. The Morgan fingerprint density at radius 1 is 0.667 bits per heavy atom. The van der Waals surface area contributed by atoms with E-state index in [0.717, 1.165) is 12.8 Å². The molecule has 15 heavy (non-hydrogen) atoms. The molecule has 0 bridgehead atoms. The standard InChI is InChI=1S/C6H12.2C4H9.Mg/c1-2-4-6-5-3-1;2*1-3-4-2;/h1-6H2;2*1,3-4H2,2H3;/q;2*-1;+2. The summed E-state index contributed by atoms with van der Waals surface area (Å²) in [5.74, 6) is 0. The van der Waals surface area contributed by atoms with Gasteiger partial charge in [-0.05, 0) is 0 Å². The second kappa shape index (κ2) is 24.1. The zero-order valence-corrected chi connectivity index (χ0v) is 12.6. The van der Waals surface area contributed by atoms with E-state index in [1.807, 2.05) is 0 Å². The Morgan fingerprint density at radius 2 is 0.800 bits per heavy atom. The van der Waals surface area contributed by atoms with Gasteiger partial charge in [0.05, 0.1) is 0 Å². The van der Waals surface area contributed by atoms with Crippen molar-refractivity contribution in [3.63, 3.8) is 0 Å². The molecule has 0 aromatic heterocycles. The largest absolute Gasteiger partial charge is 2.00 e. The first kappa shape index (κ1) is 21.1. The van der Waals surface area contributed by atoms with Gasteiger partial charge < -0.3 is 13.8 Å². The van der Waals surface area contributed by atoms with Crippen molar-refractivity contribution in [2.75, 3.05) is 0 Å². The molecule has 0 atom stereocenters. The molecule has 0 N–H and O–H groups in total. The topological polar surface area (TPSA) is 0 Å². The van der Waals surface area contributed by atoms with Crippen molar-refractivity contribution in [2.24, 2.45) is 0 Å². The summed E-state index contributed by atoms with van der Waals surface area (Å²) in [5.41, 5.74) is 0. The molecule has 0 aliphatic heterocycles. The third kappa shape index (κ3) is 31.3. The Bertz CT molecular complexity index is 48.2. The third-order valence-corrected chi connectivity index (χ3v) is 2.21. The van der Waals surface area contributed by atoms with E-state index in [9.17, 15) is 0 Å². The van der Waals surface area contributed by atoms with Crippen LogP contribution in [0.25, 0.3) is 0 Å². The van der Waals surface area contributed by atoms with E-state index < -0.39 is 0 Å². The van der Waals surface area contributed by atoms with E-state index in [1.54, 1.807) is 0 Å². The molecular formula is C14H30Mg. The van der Waals surface area contributed by atoms with Crippen LogP contribution in [0.4, 0.5) is 0 Å². The van der Waals surface area contributed by atoms with E-state index in [-0.39, 0.29) is 23.1 Å². The first-order valence-electron chi connectivity index (χ1n) is 6.41. The molecule has 1 saturated carbocycles. The molecule has 1 rings (SSSR count). The third-order valence-electron chi connectivity index (χ3n) is 2.21. The average molecular weight is 223 g/mol. The molecule has 0 heterocycles. The second-order valence-electron chi connectivity index (χ2n) is 3.83. The van der Waals surface area contributed by atoms with Gasteiger partial charge in [-0.15, -0.1) is 0 Å². The van der Waals surface area contributed by atoms with E-state index in [4.69, 9.17) is 0 Å². The van der Waals surface area contributed by atoms with Crippen LogP contribution in [0.2, 0.25) is 0 Å².